The van der Waals surface area contributed by atoms with Crippen LogP contribution in [-0.2, 0) is 19.1 Å². The quantitative estimate of drug-likeness (QED) is 0.214. The Morgan fingerprint density at radius 1 is 0.921 bits per heavy atom. The van der Waals surface area contributed by atoms with E-state index in [1.165, 1.54) is 35.8 Å². The van der Waals surface area contributed by atoms with E-state index in [0.29, 0.717) is 10.9 Å². The number of rotatable bonds is 3. The van der Waals surface area contributed by atoms with Crippen LogP contribution in [0.1, 0.15) is 35.9 Å². The van der Waals surface area contributed by atoms with Crippen LogP contribution in [-0.4, -0.2) is 82.8 Å². The van der Waals surface area contributed by atoms with Crippen molar-refractivity contribution in [3.8, 4) is 0 Å². The molecule has 1 aliphatic carbocycles. The molecular formula is C27H20N2O8S. The van der Waals surface area contributed by atoms with Crippen molar-refractivity contribution in [3.63, 3.8) is 0 Å². The molecule has 0 unspecified atom stereocenters. The van der Waals surface area contributed by atoms with Crippen molar-refractivity contribution < 1.29 is 38.2 Å². The van der Waals surface area contributed by atoms with Gasteiger partial charge in [0.1, 0.15) is 4.75 Å². The van der Waals surface area contributed by atoms with Gasteiger partial charge in [-0.2, -0.15) is 0 Å². The number of Topliss-reactive ketones (excluding diaryl/α,β-unsaturated/α-hetero) is 3. The number of ketones is 3. The van der Waals surface area contributed by atoms with Gasteiger partial charge in [-0.05, 0) is 13.1 Å². The Labute approximate surface area is 219 Å². The van der Waals surface area contributed by atoms with Crippen molar-refractivity contribution in [1.29, 1.82) is 0 Å². The maximum Gasteiger partial charge on any atom is 0.379 e. The molecule has 1 saturated heterocycles. The van der Waals surface area contributed by atoms with Gasteiger partial charge in [0.2, 0.25) is 0 Å². The lowest BCUT2D eigenvalue weighted by Gasteiger charge is -2.40. The van der Waals surface area contributed by atoms with Gasteiger partial charge in [0, 0.05) is 23.1 Å². The number of esters is 2. The van der Waals surface area contributed by atoms with E-state index in [2.05, 4.69) is 4.74 Å². The van der Waals surface area contributed by atoms with Crippen LogP contribution in [0.25, 0.3) is 10.9 Å². The first-order valence-electron chi connectivity index (χ1n) is 11.7. The fourth-order valence-corrected chi connectivity index (χ4v) is 8.12. The summed E-state index contributed by atoms with van der Waals surface area (Å²) in [5.41, 5.74) is -1.58. The first kappa shape index (κ1) is 24.3. The average molecular weight is 533 g/mol. The van der Waals surface area contributed by atoms with E-state index in [9.17, 15) is 28.8 Å². The van der Waals surface area contributed by atoms with Gasteiger partial charge in [-0.15, -0.1) is 0 Å². The summed E-state index contributed by atoms with van der Waals surface area (Å²) in [6.45, 7) is -0.125. The summed E-state index contributed by atoms with van der Waals surface area (Å²) in [5.74, 6) is -6.07. The van der Waals surface area contributed by atoms with Gasteiger partial charge in [-0.3, -0.25) is 33.4 Å². The molecule has 38 heavy (non-hydrogen) atoms. The fourth-order valence-electron chi connectivity index (χ4n) is 6.25. The number of aromatic nitrogens is 1. The second-order valence-electron chi connectivity index (χ2n) is 9.37. The van der Waals surface area contributed by atoms with E-state index < -0.39 is 51.4 Å². The molecular weight excluding hydrogens is 512 g/mol. The molecule has 2 atom stereocenters. The number of carbonyl (C=O) groups is 6. The lowest BCUT2D eigenvalue weighted by atomic mass is 9.74. The van der Waals surface area contributed by atoms with Crippen LogP contribution in [0.15, 0.2) is 53.6 Å². The minimum Gasteiger partial charge on any atom is -0.469 e. The Balaban J connectivity index is 1.68. The monoisotopic (exact) mass is 532 g/mol. The summed E-state index contributed by atoms with van der Waals surface area (Å²) < 4.78 is 8.95. The number of methoxy groups -OCH3 is 2. The topological polar surface area (TPSA) is 129 Å². The zero-order valence-corrected chi connectivity index (χ0v) is 21.3. The van der Waals surface area contributed by atoms with Crippen LogP contribution < -0.4 is 0 Å². The van der Waals surface area contributed by atoms with Crippen LogP contribution in [0, 0.1) is 5.92 Å². The van der Waals surface area contributed by atoms with E-state index in [1.54, 1.807) is 36.4 Å². The van der Waals surface area contributed by atoms with Crippen LogP contribution in [0.4, 0.5) is 0 Å². The van der Waals surface area contributed by atoms with Crippen LogP contribution >= 0.6 is 11.8 Å². The molecule has 1 aromatic heterocycles. The molecule has 6 rings (SSSR count). The van der Waals surface area contributed by atoms with Gasteiger partial charge in [0.15, 0.2) is 17.1 Å². The number of para-hydroxylation sites is 1. The predicted molar refractivity (Wildman–Crippen MR) is 133 cm³/mol. The van der Waals surface area contributed by atoms with Gasteiger partial charge < -0.3 is 9.47 Å². The molecule has 10 nitrogen and oxygen atoms in total. The molecule has 192 valence electrons. The Morgan fingerprint density at radius 3 is 2.13 bits per heavy atom. The molecule has 3 aliphatic rings. The Bertz CT molecular complexity index is 1620. The molecule has 0 N–H and O–H groups in total. The summed E-state index contributed by atoms with van der Waals surface area (Å²) in [5, 5.41) is 0.391. The van der Waals surface area contributed by atoms with Gasteiger partial charge >= 0.3 is 11.9 Å². The maximum absolute atomic E-state index is 14.7. The van der Waals surface area contributed by atoms with Gasteiger partial charge in [-0.1, -0.05) is 54.2 Å². The number of thioether (sulfide) groups is 1. The molecule has 3 aromatic rings. The Kier molecular flexibility index (Phi) is 5.08. The second kappa shape index (κ2) is 7.95. The summed E-state index contributed by atoms with van der Waals surface area (Å²) in [7, 11) is 3.76. The highest BCUT2D eigenvalue weighted by Gasteiger charge is 2.80. The highest BCUT2D eigenvalue weighted by atomic mass is 32.2. The normalized spacial score (nSPS) is 23.3. The highest BCUT2D eigenvalue weighted by molar-refractivity contribution is 8.02. The molecule has 0 amide bonds. The fraction of sp³-hybridized carbons (Fsp3) is 0.259. The number of nitrogens with zero attached hydrogens (tertiary/aromatic N) is 2. The summed E-state index contributed by atoms with van der Waals surface area (Å²) in [6, 6.07) is 12.8. The van der Waals surface area contributed by atoms with E-state index in [1.807, 2.05) is 0 Å². The first-order valence-corrected chi connectivity index (χ1v) is 12.5. The van der Waals surface area contributed by atoms with Gasteiger partial charge in [0.25, 0.3) is 11.7 Å². The smallest absolute Gasteiger partial charge is 0.379 e. The molecule has 2 aromatic carbocycles. The minimum absolute atomic E-state index is 0.0618. The molecule has 0 radical (unpaired) electrons. The number of fused-ring (bicyclic) bond motifs is 5. The summed E-state index contributed by atoms with van der Waals surface area (Å²) in [4.78, 5) is 83.3. The summed E-state index contributed by atoms with van der Waals surface area (Å²) >= 11 is 0.793. The highest BCUT2D eigenvalue weighted by Crippen LogP contribution is 2.63. The number of hydrogen-bond acceptors (Lipinski definition) is 10. The van der Waals surface area contributed by atoms with Crippen molar-refractivity contribution >= 4 is 57.9 Å². The third-order valence-corrected chi connectivity index (χ3v) is 9.48. The predicted octanol–water partition coefficient (Wildman–Crippen LogP) is 2.03. The average Bonchev–Trinajstić information content (AvgIpc) is 3.58. The molecule has 2 spiro atoms. The Hall–Kier alpha value is -4.09. The SMILES string of the molecule is COC(=O)C(=O)c1c2n(c3ccccc13)C(=O)[C@]1(S2)[C@@H](C(=O)OC)CN(C)C12C(=O)c1ccccc1C2=O. The van der Waals surface area contributed by atoms with E-state index in [0.717, 1.165) is 18.9 Å². The second-order valence-corrected chi connectivity index (χ2v) is 10.6. The maximum atomic E-state index is 14.7. The largest absolute Gasteiger partial charge is 0.469 e. The van der Waals surface area contributed by atoms with Gasteiger partial charge in [0.05, 0.1) is 36.2 Å². The van der Waals surface area contributed by atoms with E-state index in [4.69, 9.17) is 4.74 Å². The number of likely N-dealkylation sites (tertiary alicyclic amines) is 1. The van der Waals surface area contributed by atoms with Gasteiger partial charge in [-0.25, -0.2) is 4.79 Å². The van der Waals surface area contributed by atoms with Crippen molar-refractivity contribution in [2.45, 2.75) is 15.3 Å². The van der Waals surface area contributed by atoms with Crippen molar-refractivity contribution in [3.05, 3.63) is 65.2 Å². The zero-order valence-electron chi connectivity index (χ0n) is 20.5. The number of carbonyl (C=O) groups excluding carboxylic acids is 6. The molecule has 11 heteroatoms. The van der Waals surface area contributed by atoms with Crippen molar-refractivity contribution in [2.24, 2.45) is 5.92 Å². The third kappa shape index (κ3) is 2.52. The van der Waals surface area contributed by atoms with Crippen molar-refractivity contribution in [2.75, 3.05) is 27.8 Å². The molecule has 1 fully saturated rings. The standard InChI is InChI=1S/C27H20N2O8S/c1-28-12-16(23(33)36-2)27(26(28)20(31)13-8-4-5-9-14(13)21(26)32)25(35)29-17-11-7-6-10-15(17)18(22(29)38-27)19(30)24(34)37-3/h4-11,16H,12H2,1-3H3/t16-,27-/m1/s1. The molecule has 0 saturated carbocycles. The van der Waals surface area contributed by atoms with E-state index in [-0.39, 0.29) is 28.3 Å². The van der Waals surface area contributed by atoms with E-state index >= 15 is 0 Å². The number of ether oxygens (including phenoxy) is 2. The lowest BCUT2D eigenvalue weighted by molar-refractivity contribution is -0.145. The number of hydrogen-bond donors (Lipinski definition) is 0. The summed E-state index contributed by atoms with van der Waals surface area (Å²) in [6.07, 6.45) is 0. The number of likely N-dealkylation sites (N-methyl/N-ethyl adjacent to an activating group) is 1. The Morgan fingerprint density at radius 2 is 1.53 bits per heavy atom. The zero-order chi connectivity index (χ0) is 27.1. The van der Waals surface area contributed by atoms with Crippen LogP contribution in [0.3, 0.4) is 0 Å². The minimum atomic E-state index is -2.08. The molecule has 3 heterocycles. The van der Waals surface area contributed by atoms with Crippen LogP contribution in [0.5, 0.6) is 0 Å². The van der Waals surface area contributed by atoms with Crippen LogP contribution in [0.2, 0.25) is 0 Å². The molecule has 0 bridgehead atoms. The first-order chi connectivity index (χ1) is 18.2. The van der Waals surface area contributed by atoms with Crippen molar-refractivity contribution in [1.82, 2.24) is 9.47 Å². The lowest BCUT2D eigenvalue weighted by Crippen LogP contribution is -2.67. The third-order valence-electron chi connectivity index (χ3n) is 7.82. The number of benzene rings is 2. The molecule has 2 aliphatic heterocycles.